The van der Waals surface area contributed by atoms with Gasteiger partial charge in [0.2, 0.25) is 0 Å². The highest BCUT2D eigenvalue weighted by atomic mass is 79.9. The third-order valence-corrected chi connectivity index (χ3v) is 4.02. The second kappa shape index (κ2) is 6.38. The van der Waals surface area contributed by atoms with E-state index >= 15 is 0 Å². The van der Waals surface area contributed by atoms with Gasteiger partial charge in [-0.3, -0.25) is 0 Å². The Bertz CT molecular complexity index is 427. The lowest BCUT2D eigenvalue weighted by Gasteiger charge is -2.19. The Morgan fingerprint density at radius 2 is 2.22 bits per heavy atom. The molecule has 0 spiro atoms. The molecule has 0 saturated heterocycles. The van der Waals surface area contributed by atoms with E-state index < -0.39 is 11.7 Å². The van der Waals surface area contributed by atoms with Crippen molar-refractivity contribution in [3.8, 4) is 0 Å². The van der Waals surface area contributed by atoms with Crippen LogP contribution in [-0.4, -0.2) is 18.2 Å². The summed E-state index contributed by atoms with van der Waals surface area (Å²) in [6.45, 7) is 8.04. The maximum absolute atomic E-state index is 11.4. The molecule has 1 aromatic heterocycles. The molecule has 0 unspecified atom stereocenters. The van der Waals surface area contributed by atoms with Crippen LogP contribution in [0.3, 0.4) is 0 Å². The van der Waals surface area contributed by atoms with Crippen LogP contribution in [0.5, 0.6) is 0 Å². The van der Waals surface area contributed by atoms with Crippen molar-refractivity contribution in [2.75, 3.05) is 6.54 Å². The van der Waals surface area contributed by atoms with Crippen LogP contribution in [-0.2, 0) is 4.74 Å². The summed E-state index contributed by atoms with van der Waals surface area (Å²) in [6, 6.07) is 2.10. The SMILES string of the molecule is Cc1cc(C=CCNC(=O)OC(C)(C)C)sc1Br. The Kier molecular flexibility index (Phi) is 5.41. The average Bonchev–Trinajstić information content (AvgIpc) is 2.51. The summed E-state index contributed by atoms with van der Waals surface area (Å²) >= 11 is 5.15. The quantitative estimate of drug-likeness (QED) is 0.893. The lowest BCUT2D eigenvalue weighted by atomic mass is 10.2. The van der Waals surface area contributed by atoms with E-state index in [1.807, 2.05) is 32.9 Å². The van der Waals surface area contributed by atoms with E-state index in [4.69, 9.17) is 4.74 Å². The summed E-state index contributed by atoms with van der Waals surface area (Å²) in [5, 5.41) is 2.68. The molecule has 0 aliphatic carbocycles. The van der Waals surface area contributed by atoms with Crippen LogP contribution in [0.25, 0.3) is 6.08 Å². The molecule has 1 rings (SSSR count). The van der Waals surface area contributed by atoms with E-state index in [2.05, 4.69) is 34.2 Å². The largest absolute Gasteiger partial charge is 0.444 e. The number of carbonyl (C=O) groups is 1. The molecule has 1 aromatic rings. The number of amides is 1. The molecule has 0 aliphatic heterocycles. The summed E-state index contributed by atoms with van der Waals surface area (Å²) in [6.07, 6.45) is 3.50. The number of hydrogen-bond acceptors (Lipinski definition) is 3. The Labute approximate surface area is 120 Å². The van der Waals surface area contributed by atoms with Gasteiger partial charge in [-0.05, 0) is 61.3 Å². The van der Waals surface area contributed by atoms with Crippen LogP contribution in [0.15, 0.2) is 15.9 Å². The molecular formula is C13H18BrNO2S. The van der Waals surface area contributed by atoms with Crippen molar-refractivity contribution < 1.29 is 9.53 Å². The zero-order valence-corrected chi connectivity index (χ0v) is 13.4. The molecule has 0 bridgehead atoms. The first kappa shape index (κ1) is 15.2. The number of ether oxygens (including phenoxy) is 1. The monoisotopic (exact) mass is 331 g/mol. The topological polar surface area (TPSA) is 38.3 Å². The molecule has 0 saturated carbocycles. The lowest BCUT2D eigenvalue weighted by molar-refractivity contribution is 0.0534. The van der Waals surface area contributed by atoms with Crippen LogP contribution in [0, 0.1) is 6.92 Å². The third-order valence-electron chi connectivity index (χ3n) is 1.92. The van der Waals surface area contributed by atoms with Crippen molar-refractivity contribution in [3.63, 3.8) is 0 Å². The van der Waals surface area contributed by atoms with E-state index in [-0.39, 0.29) is 0 Å². The van der Waals surface area contributed by atoms with Crippen LogP contribution in [0.2, 0.25) is 0 Å². The summed E-state index contributed by atoms with van der Waals surface area (Å²) in [7, 11) is 0. The van der Waals surface area contributed by atoms with Crippen LogP contribution >= 0.6 is 27.3 Å². The number of rotatable bonds is 3. The first-order chi connectivity index (χ1) is 8.28. The number of halogens is 1. The first-order valence-electron chi connectivity index (χ1n) is 5.67. The molecule has 0 radical (unpaired) electrons. The van der Waals surface area contributed by atoms with Gasteiger partial charge in [-0.2, -0.15) is 0 Å². The van der Waals surface area contributed by atoms with Gasteiger partial charge in [0.15, 0.2) is 0 Å². The molecule has 5 heteroatoms. The maximum atomic E-state index is 11.4. The molecule has 0 fully saturated rings. The molecule has 1 amide bonds. The van der Waals surface area contributed by atoms with E-state index in [1.165, 1.54) is 5.56 Å². The summed E-state index contributed by atoms with van der Waals surface area (Å²) in [4.78, 5) is 12.5. The maximum Gasteiger partial charge on any atom is 0.407 e. The summed E-state index contributed by atoms with van der Waals surface area (Å²) < 4.78 is 6.27. The highest BCUT2D eigenvalue weighted by molar-refractivity contribution is 9.11. The Balaban J connectivity index is 2.36. The molecule has 0 aromatic carbocycles. The van der Waals surface area contributed by atoms with E-state index in [0.29, 0.717) is 6.54 Å². The van der Waals surface area contributed by atoms with Crippen molar-refractivity contribution in [1.29, 1.82) is 0 Å². The van der Waals surface area contributed by atoms with Crippen molar-refractivity contribution in [2.24, 2.45) is 0 Å². The van der Waals surface area contributed by atoms with Crippen LogP contribution in [0.4, 0.5) is 4.79 Å². The van der Waals surface area contributed by atoms with Crippen LogP contribution < -0.4 is 5.32 Å². The number of carbonyl (C=O) groups excluding carboxylic acids is 1. The second-order valence-corrected chi connectivity index (χ2v) is 7.29. The number of aryl methyl sites for hydroxylation is 1. The van der Waals surface area contributed by atoms with Crippen molar-refractivity contribution in [1.82, 2.24) is 5.32 Å². The van der Waals surface area contributed by atoms with Gasteiger partial charge in [0.05, 0.1) is 3.79 Å². The predicted octanol–water partition coefficient (Wildman–Crippen LogP) is 4.36. The fourth-order valence-electron chi connectivity index (χ4n) is 1.20. The van der Waals surface area contributed by atoms with Crippen molar-refractivity contribution in [3.05, 3.63) is 26.4 Å². The van der Waals surface area contributed by atoms with E-state index in [0.717, 1.165) is 8.66 Å². The Morgan fingerprint density at radius 3 is 2.72 bits per heavy atom. The fraction of sp³-hybridized carbons (Fsp3) is 0.462. The van der Waals surface area contributed by atoms with E-state index in [1.54, 1.807) is 11.3 Å². The van der Waals surface area contributed by atoms with Gasteiger partial charge in [-0.25, -0.2) is 4.79 Å². The molecule has 1 heterocycles. The summed E-state index contributed by atoms with van der Waals surface area (Å²) in [5.74, 6) is 0. The zero-order chi connectivity index (χ0) is 13.8. The fourth-order valence-corrected chi connectivity index (χ4v) is 2.70. The first-order valence-corrected chi connectivity index (χ1v) is 7.28. The minimum absolute atomic E-state index is 0.393. The highest BCUT2D eigenvalue weighted by Gasteiger charge is 2.14. The predicted molar refractivity (Wildman–Crippen MR) is 80.0 cm³/mol. The van der Waals surface area contributed by atoms with E-state index in [9.17, 15) is 4.79 Å². The van der Waals surface area contributed by atoms with Crippen LogP contribution in [0.1, 0.15) is 31.2 Å². The molecular weight excluding hydrogens is 314 g/mol. The second-order valence-electron chi connectivity index (χ2n) is 4.89. The zero-order valence-electron chi connectivity index (χ0n) is 11.0. The highest BCUT2D eigenvalue weighted by Crippen LogP contribution is 2.27. The van der Waals surface area contributed by atoms with Gasteiger partial charge in [-0.15, -0.1) is 11.3 Å². The number of alkyl carbamates (subject to hydrolysis) is 1. The Morgan fingerprint density at radius 1 is 1.56 bits per heavy atom. The Hall–Kier alpha value is -0.810. The number of thiophene rings is 1. The average molecular weight is 332 g/mol. The lowest BCUT2D eigenvalue weighted by Crippen LogP contribution is -2.32. The van der Waals surface area contributed by atoms with Gasteiger partial charge in [-0.1, -0.05) is 6.08 Å². The molecule has 0 atom stereocenters. The van der Waals surface area contributed by atoms with Gasteiger partial charge >= 0.3 is 6.09 Å². The molecule has 3 nitrogen and oxygen atoms in total. The standard InChI is InChI=1S/C13H18BrNO2S/c1-9-8-10(18-11(9)14)6-5-7-15-12(16)17-13(2,3)4/h5-6,8H,7H2,1-4H3,(H,15,16). The third kappa shape index (κ3) is 5.69. The summed E-state index contributed by atoms with van der Waals surface area (Å²) in [5.41, 5.74) is 0.767. The van der Waals surface area contributed by atoms with Gasteiger partial charge in [0.1, 0.15) is 5.60 Å². The van der Waals surface area contributed by atoms with Crippen molar-refractivity contribution in [2.45, 2.75) is 33.3 Å². The minimum atomic E-state index is -0.455. The van der Waals surface area contributed by atoms with Gasteiger partial charge in [0, 0.05) is 11.4 Å². The smallest absolute Gasteiger partial charge is 0.407 e. The number of hydrogen-bond donors (Lipinski definition) is 1. The number of nitrogens with one attached hydrogen (secondary N) is 1. The normalized spacial score (nSPS) is 11.8. The van der Waals surface area contributed by atoms with Gasteiger partial charge < -0.3 is 10.1 Å². The van der Waals surface area contributed by atoms with Crippen molar-refractivity contribution >= 4 is 39.4 Å². The minimum Gasteiger partial charge on any atom is -0.444 e. The molecule has 18 heavy (non-hydrogen) atoms. The molecule has 1 N–H and O–H groups in total. The molecule has 0 aliphatic rings. The molecule has 100 valence electrons. The van der Waals surface area contributed by atoms with Gasteiger partial charge in [0.25, 0.3) is 0 Å².